The highest BCUT2D eigenvalue weighted by Crippen LogP contribution is 2.31. The van der Waals surface area contributed by atoms with Crippen LogP contribution in [0.15, 0.2) is 16.5 Å². The van der Waals surface area contributed by atoms with Gasteiger partial charge in [0.1, 0.15) is 17.1 Å². The summed E-state index contributed by atoms with van der Waals surface area (Å²) in [5.74, 6) is 0.501. The zero-order valence-electron chi connectivity index (χ0n) is 11.8. The van der Waals surface area contributed by atoms with E-state index < -0.39 is 11.5 Å². The molecule has 1 aromatic rings. The fraction of sp³-hybridized carbons (Fsp3) is 0.571. The molecule has 2 N–H and O–H groups in total. The van der Waals surface area contributed by atoms with Crippen molar-refractivity contribution >= 4 is 11.9 Å². The molecule has 110 valence electrons. The largest absolute Gasteiger partial charge is 0.480 e. The summed E-state index contributed by atoms with van der Waals surface area (Å²) in [7, 11) is 1.68. The van der Waals surface area contributed by atoms with Crippen LogP contribution in [0.25, 0.3) is 0 Å². The summed E-state index contributed by atoms with van der Waals surface area (Å²) in [6.45, 7) is 2.26. The average molecular weight is 280 g/mol. The van der Waals surface area contributed by atoms with Gasteiger partial charge in [-0.05, 0) is 38.3 Å². The smallest absolute Gasteiger partial charge is 0.323 e. The normalized spacial score (nSPS) is 16.5. The Kier molecular flexibility index (Phi) is 4.13. The minimum absolute atomic E-state index is 0.0302. The van der Waals surface area contributed by atoms with Crippen LogP contribution in [-0.4, -0.2) is 41.0 Å². The van der Waals surface area contributed by atoms with Crippen molar-refractivity contribution < 1.29 is 19.1 Å². The van der Waals surface area contributed by atoms with E-state index in [1.807, 2.05) is 19.1 Å². The van der Waals surface area contributed by atoms with Gasteiger partial charge in [0.05, 0.1) is 13.1 Å². The van der Waals surface area contributed by atoms with Gasteiger partial charge in [0.25, 0.3) is 0 Å². The van der Waals surface area contributed by atoms with E-state index in [9.17, 15) is 14.7 Å². The first kappa shape index (κ1) is 14.6. The molecule has 1 fully saturated rings. The van der Waals surface area contributed by atoms with Crippen LogP contribution in [-0.2, 0) is 16.1 Å². The van der Waals surface area contributed by atoms with E-state index in [1.165, 1.54) is 4.90 Å². The summed E-state index contributed by atoms with van der Waals surface area (Å²) >= 11 is 0. The van der Waals surface area contributed by atoms with Gasteiger partial charge in [0, 0.05) is 7.05 Å². The summed E-state index contributed by atoms with van der Waals surface area (Å²) in [5, 5.41) is 12.1. The number of carbonyl (C=O) groups is 2. The number of amides is 1. The molecule has 1 aliphatic rings. The summed E-state index contributed by atoms with van der Waals surface area (Å²) < 4.78 is 5.41. The van der Waals surface area contributed by atoms with Crippen molar-refractivity contribution in [3.05, 3.63) is 23.7 Å². The maximum absolute atomic E-state index is 12.0. The van der Waals surface area contributed by atoms with Gasteiger partial charge >= 0.3 is 5.97 Å². The van der Waals surface area contributed by atoms with Crippen LogP contribution >= 0.6 is 0 Å². The monoisotopic (exact) mass is 280 g/mol. The first-order valence-corrected chi connectivity index (χ1v) is 6.71. The van der Waals surface area contributed by atoms with Gasteiger partial charge in [-0.15, -0.1) is 0 Å². The first-order chi connectivity index (χ1) is 9.43. The zero-order valence-corrected chi connectivity index (χ0v) is 11.8. The van der Waals surface area contributed by atoms with E-state index in [1.54, 1.807) is 7.05 Å². The molecule has 0 aromatic carbocycles. The second kappa shape index (κ2) is 5.66. The quantitative estimate of drug-likeness (QED) is 0.816. The Morgan fingerprint density at radius 2 is 2.15 bits per heavy atom. The van der Waals surface area contributed by atoms with Crippen LogP contribution in [0.2, 0.25) is 0 Å². The third-order valence-corrected chi connectivity index (χ3v) is 3.81. The molecule has 0 bridgehead atoms. The Morgan fingerprint density at radius 1 is 1.45 bits per heavy atom. The topological polar surface area (TPSA) is 82.8 Å². The molecular weight excluding hydrogens is 260 g/mol. The van der Waals surface area contributed by atoms with Crippen molar-refractivity contribution in [3.63, 3.8) is 0 Å². The molecule has 0 atom stereocenters. The Bertz CT molecular complexity index is 505. The van der Waals surface area contributed by atoms with Crippen LogP contribution in [0.4, 0.5) is 0 Å². The van der Waals surface area contributed by atoms with Gasteiger partial charge in [-0.25, -0.2) is 0 Å². The first-order valence-electron chi connectivity index (χ1n) is 6.71. The molecular formula is C14H20N2O4. The highest BCUT2D eigenvalue weighted by molar-refractivity contribution is 5.82. The predicted molar refractivity (Wildman–Crippen MR) is 72.1 cm³/mol. The van der Waals surface area contributed by atoms with Crippen molar-refractivity contribution in [2.24, 2.45) is 0 Å². The molecule has 1 heterocycles. The van der Waals surface area contributed by atoms with Crippen LogP contribution < -0.4 is 5.32 Å². The lowest BCUT2D eigenvalue weighted by molar-refractivity contribution is -0.149. The van der Waals surface area contributed by atoms with Crippen LogP contribution in [0.1, 0.15) is 30.8 Å². The number of aliphatic carboxylic acids is 1. The van der Waals surface area contributed by atoms with Crippen molar-refractivity contribution in [1.82, 2.24) is 10.2 Å². The van der Waals surface area contributed by atoms with E-state index in [4.69, 9.17) is 4.42 Å². The Morgan fingerprint density at radius 3 is 2.60 bits per heavy atom. The minimum atomic E-state index is -0.905. The highest BCUT2D eigenvalue weighted by Gasteiger charge is 2.44. The fourth-order valence-electron chi connectivity index (χ4n) is 2.27. The molecule has 0 saturated heterocycles. The molecule has 0 spiro atoms. The Hall–Kier alpha value is -1.82. The van der Waals surface area contributed by atoms with E-state index in [-0.39, 0.29) is 12.5 Å². The predicted octanol–water partition coefficient (Wildman–Crippen LogP) is 1.14. The number of hydrogen-bond donors (Lipinski definition) is 2. The maximum atomic E-state index is 12.0. The molecule has 2 rings (SSSR count). The number of carboxylic acids is 1. The molecule has 0 radical (unpaired) electrons. The molecule has 1 saturated carbocycles. The van der Waals surface area contributed by atoms with Gasteiger partial charge in [0.15, 0.2) is 0 Å². The van der Waals surface area contributed by atoms with Crippen molar-refractivity contribution in [1.29, 1.82) is 0 Å². The van der Waals surface area contributed by atoms with E-state index in [0.717, 1.165) is 17.9 Å². The number of hydrogen-bond acceptors (Lipinski definition) is 4. The zero-order chi connectivity index (χ0) is 14.8. The molecule has 20 heavy (non-hydrogen) atoms. The summed E-state index contributed by atoms with van der Waals surface area (Å²) in [4.78, 5) is 24.7. The third kappa shape index (κ3) is 3.01. The number of nitrogens with one attached hydrogen (secondary N) is 1. The number of aryl methyl sites for hydroxylation is 1. The molecule has 1 aliphatic carbocycles. The standard InChI is InChI=1S/C14H20N2O4/c1-10-4-5-11(20-10)9-16(2)12(17)8-15-14(13(18)19)6-3-7-14/h4-5,15H,3,6-9H2,1-2H3,(H,18,19). The average Bonchev–Trinajstić information content (AvgIpc) is 2.72. The number of carboxylic acid groups (broad SMARTS) is 1. The lowest BCUT2D eigenvalue weighted by atomic mass is 9.77. The van der Waals surface area contributed by atoms with Crippen LogP contribution in [0, 0.1) is 6.92 Å². The van der Waals surface area contributed by atoms with Crippen molar-refractivity contribution in [3.8, 4) is 0 Å². The number of furan rings is 1. The second-order valence-corrected chi connectivity index (χ2v) is 5.36. The fourth-order valence-corrected chi connectivity index (χ4v) is 2.27. The van der Waals surface area contributed by atoms with Gasteiger partial charge in [-0.2, -0.15) is 0 Å². The Balaban J connectivity index is 1.83. The van der Waals surface area contributed by atoms with Gasteiger partial charge in [-0.3, -0.25) is 14.9 Å². The van der Waals surface area contributed by atoms with Gasteiger partial charge in [-0.1, -0.05) is 0 Å². The molecule has 6 heteroatoms. The Labute approximate surface area is 117 Å². The molecule has 1 aromatic heterocycles. The van der Waals surface area contributed by atoms with E-state index in [2.05, 4.69) is 5.32 Å². The number of carbonyl (C=O) groups excluding carboxylic acids is 1. The van der Waals surface area contributed by atoms with Gasteiger partial charge in [0.2, 0.25) is 5.91 Å². The minimum Gasteiger partial charge on any atom is -0.480 e. The number of likely N-dealkylation sites (N-methyl/N-ethyl adjacent to an activating group) is 1. The number of nitrogens with zero attached hydrogens (tertiary/aromatic N) is 1. The second-order valence-electron chi connectivity index (χ2n) is 5.36. The number of rotatable bonds is 6. The molecule has 0 unspecified atom stereocenters. The highest BCUT2D eigenvalue weighted by atomic mass is 16.4. The van der Waals surface area contributed by atoms with Crippen LogP contribution in [0.3, 0.4) is 0 Å². The van der Waals surface area contributed by atoms with Crippen LogP contribution in [0.5, 0.6) is 0 Å². The summed E-state index contributed by atoms with van der Waals surface area (Å²) in [5.41, 5.74) is -0.905. The lowest BCUT2D eigenvalue weighted by Crippen LogP contribution is -2.59. The third-order valence-electron chi connectivity index (χ3n) is 3.81. The van der Waals surface area contributed by atoms with E-state index in [0.29, 0.717) is 19.4 Å². The van der Waals surface area contributed by atoms with E-state index >= 15 is 0 Å². The molecule has 0 aliphatic heterocycles. The molecule has 6 nitrogen and oxygen atoms in total. The van der Waals surface area contributed by atoms with Crippen molar-refractivity contribution in [2.75, 3.05) is 13.6 Å². The maximum Gasteiger partial charge on any atom is 0.323 e. The van der Waals surface area contributed by atoms with Crippen molar-refractivity contribution in [2.45, 2.75) is 38.3 Å². The molecule has 1 amide bonds. The summed E-state index contributed by atoms with van der Waals surface area (Å²) in [6, 6.07) is 3.68. The van der Waals surface area contributed by atoms with Gasteiger partial charge < -0.3 is 14.4 Å². The SMILES string of the molecule is Cc1ccc(CN(C)C(=O)CNC2(C(=O)O)CCC2)o1. The summed E-state index contributed by atoms with van der Waals surface area (Å²) in [6.07, 6.45) is 2.04. The lowest BCUT2D eigenvalue weighted by Gasteiger charge is -2.38.